The third-order valence-electron chi connectivity index (χ3n) is 3.04. The van der Waals surface area contributed by atoms with Gasteiger partial charge in [-0.2, -0.15) is 0 Å². The van der Waals surface area contributed by atoms with E-state index in [0.717, 1.165) is 11.9 Å². The number of hydrogen-bond donors (Lipinski definition) is 1. The molecule has 0 amide bonds. The van der Waals surface area contributed by atoms with E-state index < -0.39 is 0 Å². The Morgan fingerprint density at radius 2 is 2.06 bits per heavy atom. The second-order valence-electron chi connectivity index (χ2n) is 4.29. The van der Waals surface area contributed by atoms with E-state index in [4.69, 9.17) is 5.73 Å². The third kappa shape index (κ3) is 2.15. The van der Waals surface area contributed by atoms with Gasteiger partial charge in [0.2, 0.25) is 0 Å². The van der Waals surface area contributed by atoms with Crippen molar-refractivity contribution >= 4 is 22.2 Å². The second-order valence-corrected chi connectivity index (χ2v) is 5.29. The standard InChI is InChI=1S/C15H14N2S/c16-9-13-8-11(10-18-13)7-12-5-6-17-15-4-2-1-3-14(12)15/h1-6,8,10H,7,9,16H2. The Labute approximate surface area is 110 Å². The fourth-order valence-electron chi connectivity index (χ4n) is 2.16. The fraction of sp³-hybridized carbons (Fsp3) is 0.133. The van der Waals surface area contributed by atoms with Gasteiger partial charge in [-0.3, -0.25) is 4.98 Å². The van der Waals surface area contributed by atoms with Crippen LogP contribution in [0.15, 0.2) is 48.0 Å². The number of nitrogens with zero attached hydrogens (tertiary/aromatic N) is 1. The normalized spacial score (nSPS) is 10.9. The van der Waals surface area contributed by atoms with Crippen LogP contribution in [0.5, 0.6) is 0 Å². The van der Waals surface area contributed by atoms with Crippen LogP contribution in [0, 0.1) is 0 Å². The number of thiophene rings is 1. The molecule has 0 spiro atoms. The smallest absolute Gasteiger partial charge is 0.0704 e. The molecule has 0 saturated carbocycles. The molecule has 2 nitrogen and oxygen atoms in total. The Balaban J connectivity index is 1.99. The highest BCUT2D eigenvalue weighted by molar-refractivity contribution is 7.10. The van der Waals surface area contributed by atoms with Gasteiger partial charge in [-0.1, -0.05) is 18.2 Å². The molecule has 0 unspecified atom stereocenters. The Bertz CT molecular complexity index is 668. The van der Waals surface area contributed by atoms with Crippen LogP contribution in [0.1, 0.15) is 16.0 Å². The van der Waals surface area contributed by atoms with E-state index in [0.29, 0.717) is 6.54 Å². The highest BCUT2D eigenvalue weighted by Crippen LogP contribution is 2.22. The lowest BCUT2D eigenvalue weighted by Crippen LogP contribution is -1.92. The summed E-state index contributed by atoms with van der Waals surface area (Å²) in [6, 6.07) is 12.6. The van der Waals surface area contributed by atoms with Crippen molar-refractivity contribution in [3.63, 3.8) is 0 Å². The van der Waals surface area contributed by atoms with E-state index in [2.05, 4.69) is 40.7 Å². The van der Waals surface area contributed by atoms with Gasteiger partial charge in [0.1, 0.15) is 0 Å². The van der Waals surface area contributed by atoms with Gasteiger partial charge >= 0.3 is 0 Å². The summed E-state index contributed by atoms with van der Waals surface area (Å²) < 4.78 is 0. The minimum absolute atomic E-state index is 0.627. The highest BCUT2D eigenvalue weighted by Gasteiger charge is 2.04. The van der Waals surface area contributed by atoms with Gasteiger partial charge in [0, 0.05) is 23.0 Å². The summed E-state index contributed by atoms with van der Waals surface area (Å²) in [4.78, 5) is 5.63. The first-order valence-electron chi connectivity index (χ1n) is 5.96. The molecular weight excluding hydrogens is 240 g/mol. The number of nitrogens with two attached hydrogens (primary N) is 1. The van der Waals surface area contributed by atoms with Crippen molar-refractivity contribution in [1.29, 1.82) is 0 Å². The summed E-state index contributed by atoms with van der Waals surface area (Å²) in [7, 11) is 0. The van der Waals surface area contributed by atoms with Crippen molar-refractivity contribution in [2.75, 3.05) is 0 Å². The Kier molecular flexibility index (Phi) is 3.09. The van der Waals surface area contributed by atoms with E-state index in [1.807, 2.05) is 12.3 Å². The minimum Gasteiger partial charge on any atom is -0.326 e. The average molecular weight is 254 g/mol. The van der Waals surface area contributed by atoms with Gasteiger partial charge in [0.25, 0.3) is 0 Å². The maximum Gasteiger partial charge on any atom is 0.0704 e. The lowest BCUT2D eigenvalue weighted by atomic mass is 10.0. The zero-order valence-corrected chi connectivity index (χ0v) is 10.8. The van der Waals surface area contributed by atoms with Crippen molar-refractivity contribution in [3.05, 3.63) is 64.0 Å². The molecule has 3 rings (SSSR count). The first kappa shape index (κ1) is 11.4. The lowest BCUT2D eigenvalue weighted by molar-refractivity contribution is 1.10. The fourth-order valence-corrected chi connectivity index (χ4v) is 2.92. The van der Waals surface area contributed by atoms with E-state index >= 15 is 0 Å². The molecule has 90 valence electrons. The molecule has 0 atom stereocenters. The molecule has 0 radical (unpaired) electrons. The van der Waals surface area contributed by atoms with Crippen molar-refractivity contribution in [3.8, 4) is 0 Å². The van der Waals surface area contributed by atoms with Gasteiger partial charge in [0.05, 0.1) is 5.52 Å². The number of pyridine rings is 1. The van der Waals surface area contributed by atoms with Gasteiger partial charge in [-0.25, -0.2) is 0 Å². The molecule has 2 N–H and O–H groups in total. The lowest BCUT2D eigenvalue weighted by Gasteiger charge is -2.04. The predicted octanol–water partition coefficient (Wildman–Crippen LogP) is 3.35. The van der Waals surface area contributed by atoms with Crippen LogP contribution < -0.4 is 5.73 Å². The molecule has 0 saturated heterocycles. The molecule has 3 aromatic rings. The Morgan fingerprint density at radius 1 is 1.17 bits per heavy atom. The molecule has 2 aromatic heterocycles. The topological polar surface area (TPSA) is 38.9 Å². The average Bonchev–Trinajstić information content (AvgIpc) is 2.87. The number of para-hydroxylation sites is 1. The van der Waals surface area contributed by atoms with Gasteiger partial charge < -0.3 is 5.73 Å². The summed E-state index contributed by atoms with van der Waals surface area (Å²) in [5.74, 6) is 0. The summed E-state index contributed by atoms with van der Waals surface area (Å²) in [5, 5.41) is 3.43. The first-order chi connectivity index (χ1) is 8.86. The molecule has 0 aliphatic carbocycles. The van der Waals surface area contributed by atoms with Crippen LogP contribution in [0.2, 0.25) is 0 Å². The number of hydrogen-bond acceptors (Lipinski definition) is 3. The minimum atomic E-state index is 0.627. The van der Waals surface area contributed by atoms with Crippen molar-refractivity contribution in [1.82, 2.24) is 4.98 Å². The second kappa shape index (κ2) is 4.88. The number of fused-ring (bicyclic) bond motifs is 1. The summed E-state index contributed by atoms with van der Waals surface area (Å²) >= 11 is 1.73. The van der Waals surface area contributed by atoms with E-state index in [1.54, 1.807) is 11.3 Å². The summed E-state index contributed by atoms with van der Waals surface area (Å²) in [6.07, 6.45) is 2.83. The molecule has 3 heteroatoms. The van der Waals surface area contributed by atoms with Crippen molar-refractivity contribution < 1.29 is 0 Å². The zero-order chi connectivity index (χ0) is 12.4. The van der Waals surface area contributed by atoms with Crippen molar-refractivity contribution in [2.45, 2.75) is 13.0 Å². The largest absolute Gasteiger partial charge is 0.326 e. The van der Waals surface area contributed by atoms with E-state index in [1.165, 1.54) is 21.4 Å². The molecule has 0 fully saturated rings. The molecule has 2 heterocycles. The van der Waals surface area contributed by atoms with Gasteiger partial charge in [0.15, 0.2) is 0 Å². The third-order valence-corrected chi connectivity index (χ3v) is 4.05. The van der Waals surface area contributed by atoms with Crippen LogP contribution in [-0.4, -0.2) is 4.98 Å². The first-order valence-corrected chi connectivity index (χ1v) is 6.84. The van der Waals surface area contributed by atoms with Gasteiger partial charge in [-0.15, -0.1) is 11.3 Å². The predicted molar refractivity (Wildman–Crippen MR) is 76.8 cm³/mol. The molecule has 0 aliphatic heterocycles. The highest BCUT2D eigenvalue weighted by atomic mass is 32.1. The number of rotatable bonds is 3. The van der Waals surface area contributed by atoms with Crippen LogP contribution in [0.4, 0.5) is 0 Å². The monoisotopic (exact) mass is 254 g/mol. The Hall–Kier alpha value is -1.71. The van der Waals surface area contributed by atoms with Crippen molar-refractivity contribution in [2.24, 2.45) is 5.73 Å². The van der Waals surface area contributed by atoms with E-state index in [9.17, 15) is 0 Å². The van der Waals surface area contributed by atoms with Crippen LogP contribution in [-0.2, 0) is 13.0 Å². The van der Waals surface area contributed by atoms with E-state index in [-0.39, 0.29) is 0 Å². The molecule has 18 heavy (non-hydrogen) atoms. The van der Waals surface area contributed by atoms with Crippen LogP contribution >= 0.6 is 11.3 Å². The van der Waals surface area contributed by atoms with Gasteiger partial charge in [-0.05, 0) is 41.1 Å². The Morgan fingerprint density at radius 3 is 2.89 bits per heavy atom. The van der Waals surface area contributed by atoms with Crippen LogP contribution in [0.3, 0.4) is 0 Å². The van der Waals surface area contributed by atoms with Crippen LogP contribution in [0.25, 0.3) is 10.9 Å². The number of aromatic nitrogens is 1. The number of benzene rings is 1. The zero-order valence-electron chi connectivity index (χ0n) is 9.97. The summed E-state index contributed by atoms with van der Waals surface area (Å²) in [5.41, 5.74) is 9.36. The molecule has 0 aliphatic rings. The molecule has 1 aromatic carbocycles. The molecular formula is C15H14N2S. The SMILES string of the molecule is NCc1cc(Cc2ccnc3ccccc23)cs1. The maximum absolute atomic E-state index is 5.65. The summed E-state index contributed by atoms with van der Waals surface area (Å²) in [6.45, 7) is 0.627. The maximum atomic E-state index is 5.65. The quantitative estimate of drug-likeness (QED) is 0.778. The molecule has 0 bridgehead atoms.